The molecule has 0 aliphatic carbocycles. The van der Waals surface area contributed by atoms with Gasteiger partial charge in [0, 0.05) is 20.9 Å². The number of hydrogen-bond donors (Lipinski definition) is 0. The van der Waals surface area contributed by atoms with E-state index in [1.54, 1.807) is 23.5 Å². The largest absolute Gasteiger partial charge is 0.355 e. The van der Waals surface area contributed by atoms with Crippen LogP contribution in [0.25, 0.3) is 10.1 Å². The second-order valence-electron chi connectivity index (χ2n) is 8.42. The van der Waals surface area contributed by atoms with E-state index in [2.05, 4.69) is 19.9 Å². The number of benzene rings is 2. The lowest BCUT2D eigenvalue weighted by Gasteiger charge is -2.16. The highest BCUT2D eigenvalue weighted by atomic mass is 32.2. The molecule has 0 saturated carbocycles. The first-order valence-corrected chi connectivity index (χ1v) is 13.5. The van der Waals surface area contributed by atoms with Crippen LogP contribution in [-0.2, 0) is 9.68 Å². The van der Waals surface area contributed by atoms with Gasteiger partial charge in [-0.3, -0.25) is 9.78 Å². The van der Waals surface area contributed by atoms with Crippen LogP contribution in [0, 0.1) is 19.7 Å². The molecule has 3 aromatic rings. The topological polar surface area (TPSA) is 35.5 Å². The molecule has 3 nitrogen and oxygen atoms in total. The summed E-state index contributed by atoms with van der Waals surface area (Å²) in [6.07, 6.45) is 5.67. The van der Waals surface area contributed by atoms with E-state index in [0.717, 1.165) is 35.3 Å². The highest BCUT2D eigenvalue weighted by Crippen LogP contribution is 2.40. The molecule has 33 heavy (non-hydrogen) atoms. The van der Waals surface area contributed by atoms with E-state index in [0.29, 0.717) is 18.1 Å². The number of halogens is 1. The van der Waals surface area contributed by atoms with E-state index >= 15 is 0 Å². The third kappa shape index (κ3) is 6.97. The second kappa shape index (κ2) is 12.4. The van der Waals surface area contributed by atoms with E-state index < -0.39 is 0 Å². The van der Waals surface area contributed by atoms with E-state index in [1.165, 1.54) is 33.6 Å². The molecule has 178 valence electrons. The number of carbonyl (C=O) groups is 1. The first-order chi connectivity index (χ1) is 15.9. The molecular formula is C27H33FO3S2. The molecule has 0 aliphatic rings. The molecule has 1 atom stereocenters. The minimum Gasteiger partial charge on any atom is -0.287 e. The molecule has 0 N–H and O–H groups in total. The van der Waals surface area contributed by atoms with Crippen molar-refractivity contribution in [2.75, 3.05) is 5.75 Å². The number of thioether (sulfide) groups is 1. The average molecular weight is 489 g/mol. The maximum absolute atomic E-state index is 13.7. The summed E-state index contributed by atoms with van der Waals surface area (Å²) in [5.74, 6) is 1.53. The number of unbranched alkanes of at least 4 members (excludes halogenated alkanes) is 1. The fraction of sp³-hybridized carbons (Fsp3) is 0.444. The maximum Gasteiger partial charge on any atom is 0.355 e. The molecule has 0 aliphatic heterocycles. The summed E-state index contributed by atoms with van der Waals surface area (Å²) in [5.41, 5.74) is 2.24. The number of rotatable bonds is 12. The van der Waals surface area contributed by atoms with Gasteiger partial charge in [0.25, 0.3) is 0 Å². The number of carbonyl (C=O) groups excluding carboxylic acids is 1. The van der Waals surface area contributed by atoms with E-state index in [-0.39, 0.29) is 11.8 Å². The third-order valence-corrected chi connectivity index (χ3v) is 8.22. The summed E-state index contributed by atoms with van der Waals surface area (Å²) < 4.78 is 14.8. The average Bonchev–Trinajstić information content (AvgIpc) is 3.11. The highest BCUT2D eigenvalue weighted by Gasteiger charge is 2.19. The van der Waals surface area contributed by atoms with E-state index in [4.69, 9.17) is 9.78 Å². The second-order valence-corrected chi connectivity index (χ2v) is 10.7. The van der Waals surface area contributed by atoms with Crippen molar-refractivity contribution in [2.45, 2.75) is 77.0 Å². The summed E-state index contributed by atoms with van der Waals surface area (Å²) in [6.45, 7) is 8.28. The van der Waals surface area contributed by atoms with Crippen LogP contribution in [0.5, 0.6) is 5.75 Å². The number of thiophene rings is 1. The first-order valence-electron chi connectivity index (χ1n) is 11.7. The van der Waals surface area contributed by atoms with Crippen molar-refractivity contribution in [3.8, 4) is 5.75 Å². The lowest BCUT2D eigenvalue weighted by Crippen LogP contribution is -2.07. The Labute approximate surface area is 204 Å². The molecular weight excluding hydrogens is 455 g/mol. The van der Waals surface area contributed by atoms with Gasteiger partial charge in [-0.05, 0) is 91.6 Å². The quantitative estimate of drug-likeness (QED) is 0.145. The predicted octanol–water partition coefficient (Wildman–Crippen LogP) is 8.75. The number of hydrogen-bond acceptors (Lipinski definition) is 5. The van der Waals surface area contributed by atoms with Crippen LogP contribution >= 0.6 is 23.1 Å². The van der Waals surface area contributed by atoms with E-state index in [1.807, 2.05) is 43.8 Å². The van der Waals surface area contributed by atoms with Gasteiger partial charge < -0.3 is 0 Å². The van der Waals surface area contributed by atoms with Crippen LogP contribution in [0.15, 0.2) is 41.3 Å². The van der Waals surface area contributed by atoms with Crippen molar-refractivity contribution in [3.05, 3.63) is 58.2 Å². The van der Waals surface area contributed by atoms with Gasteiger partial charge in [-0.1, -0.05) is 32.8 Å². The fourth-order valence-electron chi connectivity index (χ4n) is 3.93. The normalized spacial score (nSPS) is 12.2. The number of fused-ring (bicyclic) bond motifs is 1. The van der Waals surface area contributed by atoms with Crippen molar-refractivity contribution in [3.63, 3.8) is 0 Å². The molecule has 1 unspecified atom stereocenters. The SMILES string of the molecule is CCCCC(CCSc1ccc(OOC(=O)CCC)c(C)c1)c1sc2cc(F)ccc2c1C. The van der Waals surface area contributed by atoms with Crippen LogP contribution in [0.4, 0.5) is 4.39 Å². The molecule has 0 saturated heterocycles. The molecule has 1 heterocycles. The Bertz CT molecular complexity index is 1080. The predicted molar refractivity (Wildman–Crippen MR) is 137 cm³/mol. The zero-order valence-corrected chi connectivity index (χ0v) is 21.5. The van der Waals surface area contributed by atoms with Gasteiger partial charge in [0.05, 0.1) is 0 Å². The lowest BCUT2D eigenvalue weighted by atomic mass is 9.94. The van der Waals surface area contributed by atoms with Crippen LogP contribution in [-0.4, -0.2) is 11.7 Å². The van der Waals surface area contributed by atoms with Gasteiger partial charge in [0.15, 0.2) is 5.75 Å². The van der Waals surface area contributed by atoms with Gasteiger partial charge in [0.1, 0.15) is 5.82 Å². The molecule has 0 bridgehead atoms. The van der Waals surface area contributed by atoms with Crippen LogP contribution in [0.2, 0.25) is 0 Å². The van der Waals surface area contributed by atoms with Crippen LogP contribution in [0.1, 0.15) is 74.3 Å². The van der Waals surface area contributed by atoms with Crippen molar-refractivity contribution >= 4 is 39.2 Å². The Morgan fingerprint density at radius 3 is 2.64 bits per heavy atom. The van der Waals surface area contributed by atoms with Crippen LogP contribution < -0.4 is 4.89 Å². The maximum atomic E-state index is 13.7. The van der Waals surface area contributed by atoms with Crippen LogP contribution in [0.3, 0.4) is 0 Å². The minimum absolute atomic E-state index is 0.168. The Hall–Kier alpha value is -2.05. The van der Waals surface area contributed by atoms with Crippen molar-refractivity contribution in [1.29, 1.82) is 0 Å². The van der Waals surface area contributed by atoms with Gasteiger partial charge in [-0.25, -0.2) is 9.18 Å². The smallest absolute Gasteiger partial charge is 0.287 e. The lowest BCUT2D eigenvalue weighted by molar-refractivity contribution is -0.214. The summed E-state index contributed by atoms with van der Waals surface area (Å²) in [7, 11) is 0. The van der Waals surface area contributed by atoms with E-state index in [9.17, 15) is 9.18 Å². The molecule has 2 aromatic carbocycles. The summed E-state index contributed by atoms with van der Waals surface area (Å²) >= 11 is 3.58. The molecule has 0 spiro atoms. The van der Waals surface area contributed by atoms with Crippen molar-refractivity contribution in [2.24, 2.45) is 0 Å². The molecule has 0 fully saturated rings. The summed E-state index contributed by atoms with van der Waals surface area (Å²) in [4.78, 5) is 24.2. The zero-order chi connectivity index (χ0) is 23.8. The summed E-state index contributed by atoms with van der Waals surface area (Å²) in [5, 5.41) is 1.18. The molecule has 6 heteroatoms. The number of aryl methyl sites for hydroxylation is 2. The van der Waals surface area contributed by atoms with Gasteiger partial charge in [-0.2, -0.15) is 0 Å². The minimum atomic E-state index is -0.354. The molecule has 0 amide bonds. The Kier molecular flexibility index (Phi) is 9.63. The van der Waals surface area contributed by atoms with Gasteiger partial charge >= 0.3 is 5.97 Å². The Morgan fingerprint density at radius 2 is 1.91 bits per heavy atom. The fourth-order valence-corrected chi connectivity index (χ4v) is 6.39. The third-order valence-electron chi connectivity index (χ3n) is 5.77. The monoisotopic (exact) mass is 488 g/mol. The first kappa shape index (κ1) is 25.6. The van der Waals surface area contributed by atoms with Crippen molar-refractivity contribution in [1.82, 2.24) is 0 Å². The van der Waals surface area contributed by atoms with Gasteiger partial charge in [-0.15, -0.1) is 23.1 Å². The Morgan fingerprint density at radius 1 is 1.09 bits per heavy atom. The molecule has 1 aromatic heterocycles. The standard InChI is InChI=1S/C27H33FO3S2/c1-5-7-9-20(27-19(4)23-12-10-21(28)17-25(23)33-27)14-15-32-22-11-13-24(18(3)16-22)30-31-26(29)8-6-2/h10-13,16-17,20H,5-9,14-15H2,1-4H3. The Balaban J connectivity index is 1.63. The molecule has 3 rings (SSSR count). The summed E-state index contributed by atoms with van der Waals surface area (Å²) in [6, 6.07) is 11.1. The van der Waals surface area contributed by atoms with Crippen molar-refractivity contribution < 1.29 is 19.0 Å². The van der Waals surface area contributed by atoms with Gasteiger partial charge in [0.2, 0.25) is 0 Å². The highest BCUT2D eigenvalue weighted by molar-refractivity contribution is 7.99. The molecule has 0 radical (unpaired) electrons. The zero-order valence-electron chi connectivity index (χ0n) is 19.9.